The van der Waals surface area contributed by atoms with Crippen LogP contribution in [-0.4, -0.2) is 38.6 Å². The lowest BCUT2D eigenvalue weighted by Crippen LogP contribution is -2.36. The van der Waals surface area contributed by atoms with E-state index >= 15 is 0 Å². The van der Waals surface area contributed by atoms with E-state index in [1.54, 1.807) is 28.0 Å². The van der Waals surface area contributed by atoms with Gasteiger partial charge in [0.15, 0.2) is 9.84 Å². The SMILES string of the molecule is CCC(=O)N1c2ccc(S(=O)(=O)CCC(=O)N3CCCc4ccccc43)cc2C[C@@H]1C. The highest BCUT2D eigenvalue weighted by molar-refractivity contribution is 7.91. The molecule has 31 heavy (non-hydrogen) atoms. The maximum Gasteiger partial charge on any atom is 0.228 e. The minimum absolute atomic E-state index is 0.0150. The summed E-state index contributed by atoms with van der Waals surface area (Å²) >= 11 is 0. The quantitative estimate of drug-likeness (QED) is 0.713. The largest absolute Gasteiger partial charge is 0.312 e. The lowest BCUT2D eigenvalue weighted by atomic mass is 10.0. The topological polar surface area (TPSA) is 74.8 Å². The Morgan fingerprint density at radius 3 is 2.58 bits per heavy atom. The third-order valence-electron chi connectivity index (χ3n) is 6.19. The van der Waals surface area contributed by atoms with Crippen molar-refractivity contribution in [3.8, 4) is 0 Å². The standard InChI is InChI=1S/C24H28N2O4S/c1-3-23(27)26-17(2)15-19-16-20(10-11-22(19)26)31(29,30)14-12-24(28)25-13-6-8-18-7-4-5-9-21(18)25/h4-5,7,9-11,16-17H,3,6,8,12-15H2,1-2H3/t17-/m0/s1. The Morgan fingerprint density at radius 2 is 1.81 bits per heavy atom. The first kappa shape index (κ1) is 21.6. The third-order valence-corrected chi connectivity index (χ3v) is 7.91. The Bertz CT molecular complexity index is 1130. The smallest absolute Gasteiger partial charge is 0.228 e. The van der Waals surface area contributed by atoms with Gasteiger partial charge in [0.25, 0.3) is 0 Å². The van der Waals surface area contributed by atoms with Crippen LogP contribution in [0.2, 0.25) is 0 Å². The molecule has 0 radical (unpaired) electrons. The highest BCUT2D eigenvalue weighted by Gasteiger charge is 2.31. The summed E-state index contributed by atoms with van der Waals surface area (Å²) in [4.78, 5) is 28.8. The van der Waals surface area contributed by atoms with Crippen LogP contribution in [-0.2, 0) is 32.3 Å². The lowest BCUT2D eigenvalue weighted by Gasteiger charge is -2.29. The number of benzene rings is 2. The summed E-state index contributed by atoms with van der Waals surface area (Å²) < 4.78 is 25.9. The third kappa shape index (κ3) is 4.11. The van der Waals surface area contributed by atoms with Crippen molar-refractivity contribution in [2.45, 2.75) is 56.9 Å². The van der Waals surface area contributed by atoms with Crippen molar-refractivity contribution in [2.75, 3.05) is 22.1 Å². The van der Waals surface area contributed by atoms with Gasteiger partial charge >= 0.3 is 0 Å². The van der Waals surface area contributed by atoms with E-state index in [1.807, 2.05) is 38.1 Å². The van der Waals surface area contributed by atoms with E-state index < -0.39 is 9.84 Å². The normalized spacial score (nSPS) is 17.9. The first-order chi connectivity index (χ1) is 14.8. The van der Waals surface area contributed by atoms with Gasteiger partial charge in [0, 0.05) is 36.8 Å². The zero-order valence-corrected chi connectivity index (χ0v) is 18.8. The van der Waals surface area contributed by atoms with Gasteiger partial charge in [-0.25, -0.2) is 8.42 Å². The first-order valence-corrected chi connectivity index (χ1v) is 12.5. The summed E-state index contributed by atoms with van der Waals surface area (Å²) in [5.41, 5.74) is 3.68. The van der Waals surface area contributed by atoms with Crippen molar-refractivity contribution in [1.29, 1.82) is 0 Å². The van der Waals surface area contributed by atoms with Gasteiger partial charge < -0.3 is 9.80 Å². The lowest BCUT2D eigenvalue weighted by molar-refractivity contribution is -0.119. The molecule has 2 heterocycles. The van der Waals surface area contributed by atoms with Crippen molar-refractivity contribution in [1.82, 2.24) is 0 Å². The second-order valence-electron chi connectivity index (χ2n) is 8.31. The van der Waals surface area contributed by atoms with Crippen LogP contribution in [0.25, 0.3) is 0 Å². The second-order valence-corrected chi connectivity index (χ2v) is 10.4. The number of nitrogens with zero attached hydrogens (tertiary/aromatic N) is 2. The molecular formula is C24H28N2O4S. The first-order valence-electron chi connectivity index (χ1n) is 10.9. The Morgan fingerprint density at radius 1 is 1.03 bits per heavy atom. The van der Waals surface area contributed by atoms with E-state index in [1.165, 1.54) is 0 Å². The number of carbonyl (C=O) groups excluding carboxylic acids is 2. The van der Waals surface area contributed by atoms with E-state index in [2.05, 4.69) is 0 Å². The molecular weight excluding hydrogens is 412 g/mol. The van der Waals surface area contributed by atoms with Crippen LogP contribution in [0.4, 0.5) is 11.4 Å². The number of carbonyl (C=O) groups is 2. The van der Waals surface area contributed by atoms with Crippen molar-refractivity contribution in [3.05, 3.63) is 53.6 Å². The van der Waals surface area contributed by atoms with E-state index in [4.69, 9.17) is 0 Å². The van der Waals surface area contributed by atoms with Crippen LogP contribution in [0.3, 0.4) is 0 Å². The molecule has 164 valence electrons. The minimum Gasteiger partial charge on any atom is -0.312 e. The van der Waals surface area contributed by atoms with Gasteiger partial charge in [-0.2, -0.15) is 0 Å². The van der Waals surface area contributed by atoms with Crippen LogP contribution in [0, 0.1) is 0 Å². The summed E-state index contributed by atoms with van der Waals surface area (Å²) in [6.07, 6.45) is 2.80. The van der Waals surface area contributed by atoms with Crippen LogP contribution in [0.1, 0.15) is 44.2 Å². The number of sulfone groups is 1. The average Bonchev–Trinajstić information content (AvgIpc) is 3.11. The number of anilines is 2. The number of para-hydroxylation sites is 1. The second kappa shape index (κ2) is 8.46. The van der Waals surface area contributed by atoms with Crippen molar-refractivity contribution < 1.29 is 18.0 Å². The molecule has 4 rings (SSSR count). The van der Waals surface area contributed by atoms with Crippen LogP contribution >= 0.6 is 0 Å². The molecule has 0 N–H and O–H groups in total. The molecule has 0 fully saturated rings. The Balaban J connectivity index is 1.49. The molecule has 0 bridgehead atoms. The van der Waals surface area contributed by atoms with Gasteiger partial charge in [-0.1, -0.05) is 25.1 Å². The molecule has 0 aliphatic carbocycles. The number of amides is 2. The number of hydrogen-bond acceptors (Lipinski definition) is 4. The molecule has 0 unspecified atom stereocenters. The van der Waals surface area contributed by atoms with Crippen molar-refractivity contribution in [2.24, 2.45) is 0 Å². The maximum atomic E-state index is 13.0. The highest BCUT2D eigenvalue weighted by atomic mass is 32.2. The van der Waals surface area contributed by atoms with Gasteiger partial charge in [-0.15, -0.1) is 0 Å². The molecule has 2 aliphatic heterocycles. The van der Waals surface area contributed by atoms with Gasteiger partial charge in [-0.3, -0.25) is 9.59 Å². The van der Waals surface area contributed by atoms with Gasteiger partial charge in [0.1, 0.15) is 0 Å². The molecule has 2 aromatic rings. The predicted octanol–water partition coefficient (Wildman–Crippen LogP) is 3.52. The number of fused-ring (bicyclic) bond motifs is 2. The molecule has 6 nitrogen and oxygen atoms in total. The van der Waals surface area contributed by atoms with Gasteiger partial charge in [0.05, 0.1) is 10.6 Å². The molecule has 1 atom stereocenters. The summed E-state index contributed by atoms with van der Waals surface area (Å²) in [6.45, 7) is 4.41. The fraction of sp³-hybridized carbons (Fsp3) is 0.417. The fourth-order valence-electron chi connectivity index (χ4n) is 4.62. The summed E-state index contributed by atoms with van der Waals surface area (Å²) in [5.74, 6) is -0.351. The molecule has 0 aromatic heterocycles. The van der Waals surface area contributed by atoms with Crippen molar-refractivity contribution in [3.63, 3.8) is 0 Å². The number of hydrogen-bond donors (Lipinski definition) is 0. The Kier molecular flexibility index (Phi) is 5.88. The van der Waals surface area contributed by atoms with Crippen LogP contribution in [0.15, 0.2) is 47.4 Å². The number of aryl methyl sites for hydroxylation is 1. The average molecular weight is 441 g/mol. The fourth-order valence-corrected chi connectivity index (χ4v) is 5.89. The van der Waals surface area contributed by atoms with Crippen LogP contribution < -0.4 is 9.80 Å². The zero-order chi connectivity index (χ0) is 22.2. The number of rotatable bonds is 5. The maximum absolute atomic E-state index is 13.0. The van der Waals surface area contributed by atoms with Crippen LogP contribution in [0.5, 0.6) is 0 Å². The Labute approximate surface area is 183 Å². The minimum atomic E-state index is -3.60. The summed E-state index contributed by atoms with van der Waals surface area (Å²) in [5, 5.41) is 0. The molecule has 0 spiro atoms. The summed E-state index contributed by atoms with van der Waals surface area (Å²) in [6, 6.07) is 12.8. The van der Waals surface area contributed by atoms with Gasteiger partial charge in [0.2, 0.25) is 11.8 Å². The highest BCUT2D eigenvalue weighted by Crippen LogP contribution is 2.35. The van der Waals surface area contributed by atoms with E-state index in [0.717, 1.165) is 35.3 Å². The predicted molar refractivity (Wildman–Crippen MR) is 121 cm³/mol. The van der Waals surface area contributed by atoms with Crippen molar-refractivity contribution >= 4 is 33.0 Å². The van der Waals surface area contributed by atoms with E-state index in [9.17, 15) is 18.0 Å². The molecule has 0 saturated carbocycles. The Hall–Kier alpha value is -2.67. The molecule has 0 saturated heterocycles. The zero-order valence-electron chi connectivity index (χ0n) is 18.0. The van der Waals surface area contributed by atoms with Gasteiger partial charge in [-0.05, 0) is 61.6 Å². The summed E-state index contributed by atoms with van der Waals surface area (Å²) in [7, 11) is -3.60. The van der Waals surface area contributed by atoms with E-state index in [0.29, 0.717) is 19.4 Å². The molecule has 2 aromatic carbocycles. The van der Waals surface area contributed by atoms with E-state index in [-0.39, 0.29) is 34.9 Å². The molecule has 2 aliphatic rings. The monoisotopic (exact) mass is 440 g/mol. The molecule has 7 heteroatoms. The molecule has 2 amide bonds.